The Bertz CT molecular complexity index is 535. The molecule has 0 bridgehead atoms. The fourth-order valence-electron chi connectivity index (χ4n) is 1.49. The van der Waals surface area contributed by atoms with Crippen molar-refractivity contribution in [1.29, 1.82) is 0 Å². The van der Waals surface area contributed by atoms with Crippen molar-refractivity contribution in [2.45, 2.75) is 6.61 Å². The van der Waals surface area contributed by atoms with Crippen LogP contribution in [0.2, 0.25) is 0 Å². The van der Waals surface area contributed by atoms with E-state index in [4.69, 9.17) is 4.74 Å². The van der Waals surface area contributed by atoms with Crippen LogP contribution in [0.4, 0.5) is 4.39 Å². The molecule has 0 saturated carbocycles. The molecular formula is C14H10BrFO2. The smallest absolute Gasteiger partial charge is 0.342 e. The van der Waals surface area contributed by atoms with E-state index in [1.807, 2.05) is 30.3 Å². The lowest BCUT2D eigenvalue weighted by molar-refractivity contribution is 0.0466. The van der Waals surface area contributed by atoms with Crippen LogP contribution in [-0.2, 0) is 11.3 Å². The number of esters is 1. The van der Waals surface area contributed by atoms with E-state index >= 15 is 0 Å². The number of carbonyl (C=O) groups excluding carboxylic acids is 1. The van der Waals surface area contributed by atoms with Crippen LogP contribution in [0.5, 0.6) is 0 Å². The van der Waals surface area contributed by atoms with Gasteiger partial charge in [-0.2, -0.15) is 0 Å². The van der Waals surface area contributed by atoms with Gasteiger partial charge in [0.25, 0.3) is 0 Å². The zero-order chi connectivity index (χ0) is 13.0. The summed E-state index contributed by atoms with van der Waals surface area (Å²) < 4.78 is 19.0. The maximum Gasteiger partial charge on any atom is 0.342 e. The molecule has 0 radical (unpaired) electrons. The van der Waals surface area contributed by atoms with Crippen molar-refractivity contribution in [3.05, 3.63) is 69.9 Å². The quantitative estimate of drug-likeness (QED) is 0.803. The maximum atomic E-state index is 13.5. The van der Waals surface area contributed by atoms with Gasteiger partial charge >= 0.3 is 5.97 Å². The Morgan fingerprint density at radius 3 is 2.50 bits per heavy atom. The highest BCUT2D eigenvalue weighted by Crippen LogP contribution is 2.20. The number of rotatable bonds is 3. The summed E-state index contributed by atoms with van der Waals surface area (Å²) in [5.41, 5.74) is 0.784. The number of ether oxygens (including phenoxy) is 1. The molecule has 2 aromatic carbocycles. The zero-order valence-corrected chi connectivity index (χ0v) is 11.0. The van der Waals surface area contributed by atoms with Gasteiger partial charge in [-0.15, -0.1) is 0 Å². The van der Waals surface area contributed by atoms with E-state index < -0.39 is 11.8 Å². The minimum Gasteiger partial charge on any atom is -0.457 e. The SMILES string of the molecule is O=C(OCc1ccccc1)c1c(F)cccc1Br. The van der Waals surface area contributed by atoms with Crippen molar-refractivity contribution in [2.75, 3.05) is 0 Å². The molecule has 18 heavy (non-hydrogen) atoms. The summed E-state index contributed by atoms with van der Waals surface area (Å²) in [5, 5.41) is 0. The van der Waals surface area contributed by atoms with Gasteiger partial charge in [-0.25, -0.2) is 9.18 Å². The van der Waals surface area contributed by atoms with E-state index in [1.54, 1.807) is 6.07 Å². The van der Waals surface area contributed by atoms with Gasteiger partial charge in [0, 0.05) is 4.47 Å². The third-order valence-corrected chi connectivity index (χ3v) is 3.04. The van der Waals surface area contributed by atoms with Gasteiger partial charge < -0.3 is 4.74 Å². The largest absolute Gasteiger partial charge is 0.457 e. The minimum absolute atomic E-state index is 0.0755. The van der Waals surface area contributed by atoms with Crippen LogP contribution in [0.3, 0.4) is 0 Å². The first-order chi connectivity index (χ1) is 8.68. The summed E-state index contributed by atoms with van der Waals surface area (Å²) in [6.07, 6.45) is 0. The van der Waals surface area contributed by atoms with Crippen LogP contribution < -0.4 is 0 Å². The minimum atomic E-state index is -0.677. The van der Waals surface area contributed by atoms with Crippen LogP contribution in [0.1, 0.15) is 15.9 Å². The summed E-state index contributed by atoms with van der Waals surface area (Å²) in [5.74, 6) is -1.27. The fraction of sp³-hybridized carbons (Fsp3) is 0.0714. The van der Waals surface area contributed by atoms with E-state index in [1.165, 1.54) is 12.1 Å². The Hall–Kier alpha value is -1.68. The molecule has 0 aromatic heterocycles. The topological polar surface area (TPSA) is 26.3 Å². The van der Waals surface area contributed by atoms with E-state index in [0.717, 1.165) is 5.56 Å². The molecule has 0 aliphatic heterocycles. The Morgan fingerprint density at radius 2 is 1.83 bits per heavy atom. The standard InChI is InChI=1S/C14H10BrFO2/c15-11-7-4-8-12(16)13(11)14(17)18-9-10-5-2-1-3-6-10/h1-8H,9H2. The molecule has 2 rings (SSSR count). The summed E-state index contributed by atoms with van der Waals surface area (Å²) in [7, 11) is 0. The first kappa shape index (κ1) is 12.8. The number of halogens is 2. The highest BCUT2D eigenvalue weighted by Gasteiger charge is 2.16. The number of hydrogen-bond donors (Lipinski definition) is 0. The molecule has 0 aliphatic carbocycles. The molecule has 0 amide bonds. The van der Waals surface area contributed by atoms with Crippen LogP contribution in [-0.4, -0.2) is 5.97 Å². The molecular weight excluding hydrogens is 299 g/mol. The molecule has 0 heterocycles. The van der Waals surface area contributed by atoms with Gasteiger partial charge in [0.15, 0.2) is 0 Å². The Morgan fingerprint density at radius 1 is 1.11 bits per heavy atom. The van der Waals surface area contributed by atoms with Crippen LogP contribution in [0.15, 0.2) is 53.0 Å². The van der Waals surface area contributed by atoms with E-state index in [2.05, 4.69) is 15.9 Å². The summed E-state index contributed by atoms with van der Waals surface area (Å²) in [6, 6.07) is 13.6. The van der Waals surface area contributed by atoms with Gasteiger partial charge in [-0.05, 0) is 33.6 Å². The highest BCUT2D eigenvalue weighted by molar-refractivity contribution is 9.10. The van der Waals surface area contributed by atoms with E-state index in [9.17, 15) is 9.18 Å². The maximum absolute atomic E-state index is 13.5. The Balaban J connectivity index is 2.09. The molecule has 0 atom stereocenters. The monoisotopic (exact) mass is 308 g/mol. The molecule has 0 aliphatic rings. The number of carbonyl (C=O) groups is 1. The average Bonchev–Trinajstić information content (AvgIpc) is 2.37. The van der Waals surface area contributed by atoms with Gasteiger partial charge in [0.05, 0.1) is 0 Å². The second-order valence-corrected chi connectivity index (χ2v) is 4.51. The summed E-state index contributed by atoms with van der Waals surface area (Å²) >= 11 is 3.13. The average molecular weight is 309 g/mol. The van der Waals surface area contributed by atoms with Gasteiger partial charge in [0.2, 0.25) is 0 Å². The van der Waals surface area contributed by atoms with Gasteiger partial charge in [0.1, 0.15) is 18.0 Å². The lowest BCUT2D eigenvalue weighted by Crippen LogP contribution is -2.08. The van der Waals surface area contributed by atoms with Crippen LogP contribution in [0, 0.1) is 5.82 Å². The zero-order valence-electron chi connectivity index (χ0n) is 9.40. The third-order valence-electron chi connectivity index (χ3n) is 2.38. The first-order valence-electron chi connectivity index (χ1n) is 5.33. The van der Waals surface area contributed by atoms with Crippen molar-refractivity contribution >= 4 is 21.9 Å². The molecule has 0 N–H and O–H groups in total. The van der Waals surface area contributed by atoms with Crippen LogP contribution in [0.25, 0.3) is 0 Å². The summed E-state index contributed by atoms with van der Waals surface area (Å²) in [4.78, 5) is 11.8. The number of benzene rings is 2. The van der Waals surface area contributed by atoms with Gasteiger partial charge in [-0.1, -0.05) is 36.4 Å². The molecule has 0 spiro atoms. The van der Waals surface area contributed by atoms with E-state index in [0.29, 0.717) is 4.47 Å². The molecule has 0 saturated heterocycles. The third kappa shape index (κ3) is 2.96. The summed E-state index contributed by atoms with van der Waals surface area (Å²) in [6.45, 7) is 0.125. The first-order valence-corrected chi connectivity index (χ1v) is 6.13. The molecule has 92 valence electrons. The van der Waals surface area contributed by atoms with E-state index in [-0.39, 0.29) is 12.2 Å². The van der Waals surface area contributed by atoms with Crippen molar-refractivity contribution in [1.82, 2.24) is 0 Å². The number of hydrogen-bond acceptors (Lipinski definition) is 2. The second kappa shape index (κ2) is 5.78. The fourth-order valence-corrected chi connectivity index (χ4v) is 1.99. The predicted octanol–water partition coefficient (Wildman–Crippen LogP) is 3.95. The van der Waals surface area contributed by atoms with Crippen molar-refractivity contribution in [2.24, 2.45) is 0 Å². The molecule has 0 unspecified atom stereocenters. The molecule has 4 heteroatoms. The van der Waals surface area contributed by atoms with Crippen molar-refractivity contribution in [3.63, 3.8) is 0 Å². The second-order valence-electron chi connectivity index (χ2n) is 3.66. The molecule has 2 nitrogen and oxygen atoms in total. The lowest BCUT2D eigenvalue weighted by Gasteiger charge is -2.07. The Labute approximate surface area is 113 Å². The molecule has 2 aromatic rings. The lowest BCUT2D eigenvalue weighted by atomic mass is 10.2. The van der Waals surface area contributed by atoms with Gasteiger partial charge in [-0.3, -0.25) is 0 Å². The molecule has 0 fully saturated rings. The van der Waals surface area contributed by atoms with Crippen molar-refractivity contribution in [3.8, 4) is 0 Å². The normalized spacial score (nSPS) is 10.1. The highest BCUT2D eigenvalue weighted by atomic mass is 79.9. The van der Waals surface area contributed by atoms with Crippen molar-refractivity contribution < 1.29 is 13.9 Å². The van der Waals surface area contributed by atoms with Crippen LogP contribution >= 0.6 is 15.9 Å². The Kier molecular flexibility index (Phi) is 4.10. The predicted molar refractivity (Wildman–Crippen MR) is 69.7 cm³/mol.